The minimum absolute atomic E-state index is 0.655. The summed E-state index contributed by atoms with van der Waals surface area (Å²) in [5, 5.41) is 4.11. The first kappa shape index (κ1) is 8.07. The van der Waals surface area contributed by atoms with Crippen molar-refractivity contribution in [3.63, 3.8) is 0 Å². The van der Waals surface area contributed by atoms with Gasteiger partial charge in [-0.3, -0.25) is 4.68 Å². The molecule has 0 amide bonds. The van der Waals surface area contributed by atoms with Gasteiger partial charge in [0.15, 0.2) is 0 Å². The Hall–Kier alpha value is -1.03. The lowest BCUT2D eigenvalue weighted by Gasteiger charge is -1.97. The molecule has 0 fully saturated rings. The summed E-state index contributed by atoms with van der Waals surface area (Å²) in [7, 11) is 1.61. The Balaban J connectivity index is 2.44. The van der Waals surface area contributed by atoms with Gasteiger partial charge in [0.1, 0.15) is 0 Å². The molecule has 1 heterocycles. The van der Waals surface area contributed by atoms with Crippen LogP contribution in [-0.4, -0.2) is 23.4 Å². The third kappa shape index (κ3) is 2.23. The van der Waals surface area contributed by atoms with Crippen molar-refractivity contribution in [2.45, 2.75) is 13.0 Å². The second-order valence-electron chi connectivity index (χ2n) is 2.26. The number of aryl methyl sites for hydroxylation is 1. The van der Waals surface area contributed by atoms with Crippen molar-refractivity contribution < 1.29 is 4.74 Å². The van der Waals surface area contributed by atoms with Crippen LogP contribution in [0.2, 0.25) is 0 Å². The van der Waals surface area contributed by atoms with E-state index in [-0.39, 0.29) is 0 Å². The fourth-order valence-electron chi connectivity index (χ4n) is 0.830. The topological polar surface area (TPSA) is 53.1 Å². The van der Waals surface area contributed by atoms with Crippen molar-refractivity contribution >= 4 is 0 Å². The molecule has 0 spiro atoms. The molecule has 0 saturated heterocycles. The van der Waals surface area contributed by atoms with E-state index in [1.807, 2.05) is 16.9 Å². The molecule has 1 aromatic rings. The SMILES string of the molecule is COc1ccn(CCCN)n1. The predicted molar refractivity (Wildman–Crippen MR) is 42.5 cm³/mol. The van der Waals surface area contributed by atoms with Crippen molar-refractivity contribution in [2.24, 2.45) is 5.73 Å². The van der Waals surface area contributed by atoms with Crippen molar-refractivity contribution in [1.82, 2.24) is 9.78 Å². The third-order valence-corrected chi connectivity index (χ3v) is 1.42. The van der Waals surface area contributed by atoms with E-state index in [0.29, 0.717) is 12.4 Å². The maximum atomic E-state index is 5.34. The summed E-state index contributed by atoms with van der Waals surface area (Å²) in [6, 6.07) is 1.83. The molecule has 4 heteroatoms. The highest BCUT2D eigenvalue weighted by atomic mass is 16.5. The zero-order valence-electron chi connectivity index (χ0n) is 6.66. The number of ether oxygens (including phenoxy) is 1. The lowest BCUT2D eigenvalue weighted by molar-refractivity contribution is 0.387. The van der Waals surface area contributed by atoms with Crippen LogP contribution in [0.4, 0.5) is 0 Å². The molecular formula is C7H13N3O. The summed E-state index contributed by atoms with van der Waals surface area (Å²) in [5.74, 6) is 0.655. The summed E-state index contributed by atoms with van der Waals surface area (Å²) < 4.78 is 6.74. The van der Waals surface area contributed by atoms with Gasteiger partial charge in [0.05, 0.1) is 7.11 Å². The van der Waals surface area contributed by atoms with Crippen molar-refractivity contribution in [3.8, 4) is 5.88 Å². The van der Waals surface area contributed by atoms with Gasteiger partial charge >= 0.3 is 0 Å². The van der Waals surface area contributed by atoms with Crippen LogP contribution >= 0.6 is 0 Å². The lowest BCUT2D eigenvalue weighted by Crippen LogP contribution is -2.06. The summed E-state index contributed by atoms with van der Waals surface area (Å²) >= 11 is 0. The van der Waals surface area contributed by atoms with Crippen LogP contribution in [-0.2, 0) is 6.54 Å². The molecule has 1 rings (SSSR count). The highest BCUT2D eigenvalue weighted by Gasteiger charge is 1.95. The van der Waals surface area contributed by atoms with E-state index in [4.69, 9.17) is 10.5 Å². The van der Waals surface area contributed by atoms with Gasteiger partial charge in [-0.05, 0) is 13.0 Å². The first-order chi connectivity index (χ1) is 5.36. The largest absolute Gasteiger partial charge is 0.480 e. The standard InChI is InChI=1S/C7H13N3O/c1-11-7-3-6-10(9-7)5-2-4-8/h3,6H,2,4-5,8H2,1H3. The molecule has 0 aromatic carbocycles. The third-order valence-electron chi connectivity index (χ3n) is 1.42. The lowest BCUT2D eigenvalue weighted by atomic mass is 10.4. The zero-order chi connectivity index (χ0) is 8.10. The molecule has 4 nitrogen and oxygen atoms in total. The number of nitrogens with zero attached hydrogens (tertiary/aromatic N) is 2. The van der Waals surface area contributed by atoms with Gasteiger partial charge in [0, 0.05) is 18.8 Å². The molecule has 0 bridgehead atoms. The number of hydrogen-bond donors (Lipinski definition) is 1. The monoisotopic (exact) mass is 155 g/mol. The quantitative estimate of drug-likeness (QED) is 0.677. The molecule has 0 aliphatic carbocycles. The van der Waals surface area contributed by atoms with Crippen LogP contribution in [0.15, 0.2) is 12.3 Å². The number of rotatable bonds is 4. The average molecular weight is 155 g/mol. The molecule has 62 valence electrons. The highest BCUT2D eigenvalue weighted by Crippen LogP contribution is 2.03. The van der Waals surface area contributed by atoms with E-state index in [1.165, 1.54) is 0 Å². The molecule has 0 aliphatic heterocycles. The Morgan fingerprint density at radius 3 is 3.09 bits per heavy atom. The Labute approximate surface area is 66.0 Å². The van der Waals surface area contributed by atoms with Crippen LogP contribution in [0.25, 0.3) is 0 Å². The van der Waals surface area contributed by atoms with Gasteiger partial charge in [-0.25, -0.2) is 0 Å². The number of methoxy groups -OCH3 is 1. The maximum absolute atomic E-state index is 5.34. The summed E-state index contributed by atoms with van der Waals surface area (Å²) in [4.78, 5) is 0. The van der Waals surface area contributed by atoms with Crippen molar-refractivity contribution in [2.75, 3.05) is 13.7 Å². The van der Waals surface area contributed by atoms with Gasteiger partial charge in [0.2, 0.25) is 5.88 Å². The summed E-state index contributed by atoms with van der Waals surface area (Å²) in [6.07, 6.45) is 2.83. The predicted octanol–water partition coefficient (Wildman–Crippen LogP) is 0.240. The minimum atomic E-state index is 0.655. The number of nitrogens with two attached hydrogens (primary N) is 1. The van der Waals surface area contributed by atoms with Crippen LogP contribution in [0.1, 0.15) is 6.42 Å². The van der Waals surface area contributed by atoms with Crippen LogP contribution in [0.5, 0.6) is 5.88 Å². The molecule has 0 aliphatic rings. The van der Waals surface area contributed by atoms with Gasteiger partial charge < -0.3 is 10.5 Å². The normalized spacial score (nSPS) is 10.0. The van der Waals surface area contributed by atoms with E-state index in [2.05, 4.69) is 5.10 Å². The Kier molecular flexibility index (Phi) is 2.92. The Morgan fingerprint density at radius 2 is 2.55 bits per heavy atom. The second-order valence-corrected chi connectivity index (χ2v) is 2.26. The highest BCUT2D eigenvalue weighted by molar-refractivity contribution is 5.04. The molecule has 11 heavy (non-hydrogen) atoms. The average Bonchev–Trinajstić information content (AvgIpc) is 2.48. The van der Waals surface area contributed by atoms with Gasteiger partial charge in [-0.15, -0.1) is 5.10 Å². The van der Waals surface area contributed by atoms with E-state index in [9.17, 15) is 0 Å². The molecule has 2 N–H and O–H groups in total. The molecule has 0 atom stereocenters. The van der Waals surface area contributed by atoms with Gasteiger partial charge in [0.25, 0.3) is 0 Å². The summed E-state index contributed by atoms with van der Waals surface area (Å²) in [6.45, 7) is 1.56. The molecule has 1 aromatic heterocycles. The minimum Gasteiger partial charge on any atom is -0.480 e. The first-order valence-corrected chi connectivity index (χ1v) is 3.64. The molecule has 0 saturated carbocycles. The van der Waals surface area contributed by atoms with E-state index in [0.717, 1.165) is 13.0 Å². The van der Waals surface area contributed by atoms with E-state index in [1.54, 1.807) is 7.11 Å². The Morgan fingerprint density at radius 1 is 1.73 bits per heavy atom. The van der Waals surface area contributed by atoms with Crippen LogP contribution in [0, 0.1) is 0 Å². The second kappa shape index (κ2) is 3.98. The van der Waals surface area contributed by atoms with Crippen LogP contribution < -0.4 is 10.5 Å². The van der Waals surface area contributed by atoms with Crippen LogP contribution in [0.3, 0.4) is 0 Å². The van der Waals surface area contributed by atoms with Gasteiger partial charge in [-0.2, -0.15) is 0 Å². The van der Waals surface area contributed by atoms with E-state index < -0.39 is 0 Å². The van der Waals surface area contributed by atoms with Gasteiger partial charge in [-0.1, -0.05) is 0 Å². The Bertz CT molecular complexity index is 209. The number of aromatic nitrogens is 2. The fraction of sp³-hybridized carbons (Fsp3) is 0.571. The maximum Gasteiger partial charge on any atom is 0.232 e. The molecular weight excluding hydrogens is 142 g/mol. The van der Waals surface area contributed by atoms with Crippen molar-refractivity contribution in [3.05, 3.63) is 12.3 Å². The molecule has 0 unspecified atom stereocenters. The first-order valence-electron chi connectivity index (χ1n) is 3.64. The summed E-state index contributed by atoms with van der Waals surface area (Å²) in [5.41, 5.74) is 5.34. The van der Waals surface area contributed by atoms with E-state index >= 15 is 0 Å². The zero-order valence-corrected chi connectivity index (χ0v) is 6.66. The molecule has 0 radical (unpaired) electrons. The number of hydrogen-bond acceptors (Lipinski definition) is 3. The fourth-order valence-corrected chi connectivity index (χ4v) is 0.830. The smallest absolute Gasteiger partial charge is 0.232 e. The van der Waals surface area contributed by atoms with Crippen molar-refractivity contribution in [1.29, 1.82) is 0 Å².